The van der Waals surface area contributed by atoms with Crippen LogP contribution in [0.3, 0.4) is 0 Å². The molecule has 1 heterocycles. The van der Waals surface area contributed by atoms with Gasteiger partial charge in [0.1, 0.15) is 11.5 Å². The lowest BCUT2D eigenvalue weighted by atomic mass is 10.0. The minimum atomic E-state index is -0.110. The van der Waals surface area contributed by atoms with Crippen LogP contribution in [-0.2, 0) is 0 Å². The highest BCUT2D eigenvalue weighted by atomic mass is 16.2. The van der Waals surface area contributed by atoms with Crippen LogP contribution in [0.25, 0.3) is 0 Å². The Labute approximate surface area is 105 Å². The highest BCUT2D eigenvalue weighted by molar-refractivity contribution is 5.92. The summed E-state index contributed by atoms with van der Waals surface area (Å²) in [7, 11) is 0. The lowest BCUT2D eigenvalue weighted by Crippen LogP contribution is -2.30. The van der Waals surface area contributed by atoms with Crippen molar-refractivity contribution in [2.24, 2.45) is 23.7 Å². The van der Waals surface area contributed by atoms with Crippen LogP contribution in [0.1, 0.15) is 29.8 Å². The monoisotopic (exact) mass is 244 g/mol. The van der Waals surface area contributed by atoms with E-state index in [1.807, 2.05) is 0 Å². The Kier molecular flexibility index (Phi) is 1.96. The van der Waals surface area contributed by atoms with Crippen molar-refractivity contribution in [3.05, 3.63) is 18.1 Å². The number of carbonyl (C=O) groups is 1. The number of fused-ring (bicyclic) bond motifs is 5. The van der Waals surface area contributed by atoms with E-state index < -0.39 is 0 Å². The molecule has 1 aromatic heterocycles. The smallest absolute Gasteiger partial charge is 0.271 e. The third-order valence-electron chi connectivity index (χ3n) is 4.94. The second-order valence-electron chi connectivity index (χ2n) is 5.81. The van der Waals surface area contributed by atoms with E-state index in [0.717, 1.165) is 23.7 Å². The van der Waals surface area contributed by atoms with Gasteiger partial charge in [0.05, 0.1) is 12.4 Å². The van der Waals surface area contributed by atoms with Crippen LogP contribution in [0.2, 0.25) is 0 Å². The number of hydrogen-bond acceptors (Lipinski definition) is 4. The third kappa shape index (κ3) is 1.36. The summed E-state index contributed by atoms with van der Waals surface area (Å²) in [6.07, 6.45) is 6.98. The van der Waals surface area contributed by atoms with Gasteiger partial charge in [0.15, 0.2) is 0 Å². The molecule has 5 heteroatoms. The van der Waals surface area contributed by atoms with Crippen molar-refractivity contribution < 1.29 is 4.79 Å². The Morgan fingerprint density at radius 1 is 1.22 bits per heavy atom. The van der Waals surface area contributed by atoms with Crippen LogP contribution < -0.4 is 11.1 Å². The molecule has 2 bridgehead atoms. The Balaban J connectivity index is 1.44. The molecule has 1 aromatic rings. The maximum atomic E-state index is 12.0. The predicted octanol–water partition coefficient (Wildman–Crippen LogP) is 0.833. The second kappa shape index (κ2) is 3.43. The van der Waals surface area contributed by atoms with E-state index in [1.54, 1.807) is 0 Å². The third-order valence-corrected chi connectivity index (χ3v) is 4.94. The number of anilines is 1. The van der Waals surface area contributed by atoms with Gasteiger partial charge in [-0.3, -0.25) is 4.79 Å². The van der Waals surface area contributed by atoms with E-state index in [1.165, 1.54) is 31.7 Å². The molecule has 5 nitrogen and oxygen atoms in total. The molecule has 4 rings (SSSR count). The van der Waals surface area contributed by atoms with E-state index in [4.69, 9.17) is 5.73 Å². The molecule has 3 N–H and O–H groups in total. The number of carbonyl (C=O) groups excluding carboxylic acids is 1. The van der Waals surface area contributed by atoms with Crippen molar-refractivity contribution in [1.82, 2.24) is 15.3 Å². The summed E-state index contributed by atoms with van der Waals surface area (Å²) < 4.78 is 0. The van der Waals surface area contributed by atoms with Crippen molar-refractivity contribution in [2.45, 2.75) is 25.3 Å². The Hall–Kier alpha value is -1.65. The van der Waals surface area contributed by atoms with Crippen LogP contribution >= 0.6 is 0 Å². The molecule has 94 valence electrons. The topological polar surface area (TPSA) is 80.9 Å². The molecule has 3 fully saturated rings. The normalized spacial score (nSPS) is 39.4. The number of nitrogens with zero attached hydrogens (tertiary/aromatic N) is 2. The molecule has 3 aliphatic rings. The molecule has 1 amide bonds. The van der Waals surface area contributed by atoms with Crippen molar-refractivity contribution >= 4 is 11.7 Å². The summed E-state index contributed by atoms with van der Waals surface area (Å²) in [6.45, 7) is 0. The molecule has 0 spiro atoms. The Bertz CT molecular complexity index is 484. The first-order valence-electron chi connectivity index (χ1n) is 6.62. The van der Waals surface area contributed by atoms with Gasteiger partial charge in [0.2, 0.25) is 0 Å². The van der Waals surface area contributed by atoms with Gasteiger partial charge in [0.25, 0.3) is 5.91 Å². The van der Waals surface area contributed by atoms with Crippen molar-refractivity contribution in [1.29, 1.82) is 0 Å². The highest BCUT2D eigenvalue weighted by Gasteiger charge is 2.65. The van der Waals surface area contributed by atoms with Gasteiger partial charge in [0, 0.05) is 6.04 Å². The molecule has 4 atom stereocenters. The van der Waals surface area contributed by atoms with Gasteiger partial charge in [-0.05, 0) is 42.9 Å². The van der Waals surface area contributed by atoms with Crippen molar-refractivity contribution in [3.8, 4) is 0 Å². The molecule has 0 aromatic carbocycles. The Morgan fingerprint density at radius 3 is 2.56 bits per heavy atom. The van der Waals surface area contributed by atoms with Gasteiger partial charge in [-0.2, -0.15) is 0 Å². The fourth-order valence-corrected chi connectivity index (χ4v) is 4.20. The zero-order valence-electron chi connectivity index (χ0n) is 10.0. The van der Waals surface area contributed by atoms with Gasteiger partial charge < -0.3 is 11.1 Å². The van der Waals surface area contributed by atoms with Crippen LogP contribution in [0, 0.1) is 23.7 Å². The number of hydrogen-bond donors (Lipinski definition) is 2. The van der Waals surface area contributed by atoms with Crippen molar-refractivity contribution in [3.63, 3.8) is 0 Å². The standard InChI is InChI=1S/C13H16N4O/c14-9-5-15-8(4-16-9)13(18)17-12-10-6-1-2-7(3-6)11(10)12/h4-7,10-12H,1-3H2,(H2,14,16)(H,17,18). The molecule has 18 heavy (non-hydrogen) atoms. The van der Waals surface area contributed by atoms with Gasteiger partial charge in [-0.1, -0.05) is 0 Å². The van der Waals surface area contributed by atoms with Crippen LogP contribution in [-0.4, -0.2) is 21.9 Å². The average molecular weight is 244 g/mol. The number of rotatable bonds is 2. The summed E-state index contributed by atoms with van der Waals surface area (Å²) in [5.41, 5.74) is 5.82. The Morgan fingerprint density at radius 2 is 1.94 bits per heavy atom. The summed E-state index contributed by atoms with van der Waals surface area (Å²) in [5.74, 6) is 3.45. The zero-order chi connectivity index (χ0) is 12.3. The van der Waals surface area contributed by atoms with E-state index >= 15 is 0 Å². The zero-order valence-corrected chi connectivity index (χ0v) is 10.0. The van der Waals surface area contributed by atoms with Gasteiger partial charge >= 0.3 is 0 Å². The molecular formula is C13H16N4O. The first-order valence-corrected chi connectivity index (χ1v) is 6.62. The molecule has 4 unspecified atom stereocenters. The SMILES string of the molecule is Nc1cnc(C(=O)NC2C3C4CCC(C4)C23)cn1. The summed E-state index contributed by atoms with van der Waals surface area (Å²) in [5, 5.41) is 3.11. The molecular weight excluding hydrogens is 228 g/mol. The number of aromatic nitrogens is 2. The number of nitrogens with two attached hydrogens (primary N) is 1. The predicted molar refractivity (Wildman–Crippen MR) is 65.5 cm³/mol. The molecule has 0 saturated heterocycles. The minimum Gasteiger partial charge on any atom is -0.382 e. The lowest BCUT2D eigenvalue weighted by Gasteiger charge is -2.10. The number of nitrogens with one attached hydrogen (secondary N) is 1. The maximum absolute atomic E-state index is 12.0. The largest absolute Gasteiger partial charge is 0.382 e. The van der Waals surface area contributed by atoms with E-state index in [0.29, 0.717) is 17.6 Å². The molecule has 0 aliphatic heterocycles. The minimum absolute atomic E-state index is 0.110. The van der Waals surface area contributed by atoms with E-state index in [2.05, 4.69) is 15.3 Å². The fraction of sp³-hybridized carbons (Fsp3) is 0.615. The molecule has 3 saturated carbocycles. The van der Waals surface area contributed by atoms with E-state index in [9.17, 15) is 4.79 Å². The van der Waals surface area contributed by atoms with Crippen LogP contribution in [0.15, 0.2) is 12.4 Å². The quantitative estimate of drug-likeness (QED) is 0.807. The van der Waals surface area contributed by atoms with Crippen LogP contribution in [0.4, 0.5) is 5.82 Å². The summed E-state index contributed by atoms with van der Waals surface area (Å²) in [6, 6.07) is 0.392. The van der Waals surface area contributed by atoms with Crippen molar-refractivity contribution in [2.75, 3.05) is 5.73 Å². The summed E-state index contributed by atoms with van der Waals surface area (Å²) >= 11 is 0. The van der Waals surface area contributed by atoms with Gasteiger partial charge in [-0.25, -0.2) is 9.97 Å². The maximum Gasteiger partial charge on any atom is 0.271 e. The number of nitrogen functional groups attached to an aromatic ring is 1. The van der Waals surface area contributed by atoms with Gasteiger partial charge in [-0.15, -0.1) is 0 Å². The van der Waals surface area contributed by atoms with E-state index in [-0.39, 0.29) is 5.91 Å². The average Bonchev–Trinajstić information content (AvgIpc) is 2.78. The first kappa shape index (κ1) is 10.3. The molecule has 3 aliphatic carbocycles. The highest BCUT2D eigenvalue weighted by Crippen LogP contribution is 2.65. The van der Waals surface area contributed by atoms with Crippen LogP contribution in [0.5, 0.6) is 0 Å². The lowest BCUT2D eigenvalue weighted by molar-refractivity contribution is 0.0939. The number of amides is 1. The molecule has 0 radical (unpaired) electrons. The summed E-state index contributed by atoms with van der Waals surface area (Å²) in [4.78, 5) is 19.9. The fourth-order valence-electron chi connectivity index (χ4n) is 4.20. The second-order valence-corrected chi connectivity index (χ2v) is 5.81. The first-order chi connectivity index (χ1) is 8.74.